The van der Waals surface area contributed by atoms with Crippen LogP contribution in [-0.2, 0) is 19.2 Å². The van der Waals surface area contributed by atoms with Crippen LogP contribution in [0.2, 0.25) is 0 Å². The van der Waals surface area contributed by atoms with Crippen LogP contribution >= 0.6 is 0 Å². The lowest BCUT2D eigenvalue weighted by Gasteiger charge is -2.33. The first-order valence-electron chi connectivity index (χ1n) is 3.68. The van der Waals surface area contributed by atoms with Crippen molar-refractivity contribution >= 4 is 0 Å². The highest BCUT2D eigenvalue weighted by atomic mass is 17.2. The van der Waals surface area contributed by atoms with Gasteiger partial charge in [-0.05, 0) is 0 Å². The van der Waals surface area contributed by atoms with Gasteiger partial charge in [-0.3, -0.25) is 0 Å². The first kappa shape index (κ1) is 8.93. The zero-order valence-electron chi connectivity index (χ0n) is 6.96. The SMILES string of the molecule is COOC1(OC)CCOCC1. The quantitative estimate of drug-likeness (QED) is 0.348. The van der Waals surface area contributed by atoms with Crippen LogP contribution in [-0.4, -0.2) is 33.2 Å². The Hall–Kier alpha value is -0.160. The predicted molar refractivity (Wildman–Crippen MR) is 37.9 cm³/mol. The molecule has 0 aromatic rings. The van der Waals surface area contributed by atoms with Crippen LogP contribution in [0, 0.1) is 0 Å². The molecule has 1 aliphatic heterocycles. The van der Waals surface area contributed by atoms with Gasteiger partial charge in [0.25, 0.3) is 0 Å². The fourth-order valence-corrected chi connectivity index (χ4v) is 1.16. The average Bonchev–Trinajstić information content (AvgIpc) is 2.07. The van der Waals surface area contributed by atoms with Crippen molar-refractivity contribution in [2.24, 2.45) is 0 Å². The van der Waals surface area contributed by atoms with Gasteiger partial charge in [0.1, 0.15) is 0 Å². The first-order chi connectivity index (χ1) is 5.33. The summed E-state index contributed by atoms with van der Waals surface area (Å²) in [7, 11) is 3.10. The third-order valence-electron chi connectivity index (χ3n) is 1.86. The van der Waals surface area contributed by atoms with Crippen molar-refractivity contribution in [2.75, 3.05) is 27.4 Å². The zero-order chi connectivity index (χ0) is 8.16. The molecule has 0 aromatic carbocycles. The van der Waals surface area contributed by atoms with Crippen molar-refractivity contribution in [3.63, 3.8) is 0 Å². The van der Waals surface area contributed by atoms with Gasteiger partial charge < -0.3 is 9.47 Å². The summed E-state index contributed by atoms with van der Waals surface area (Å²) in [5, 5.41) is 0. The van der Waals surface area contributed by atoms with E-state index in [0.717, 1.165) is 12.8 Å². The van der Waals surface area contributed by atoms with E-state index in [2.05, 4.69) is 4.89 Å². The number of rotatable bonds is 3. The Labute approximate surface area is 66.3 Å². The summed E-state index contributed by atoms with van der Waals surface area (Å²) in [6, 6.07) is 0. The molecule has 66 valence electrons. The molecule has 0 unspecified atom stereocenters. The summed E-state index contributed by atoms with van der Waals surface area (Å²) < 4.78 is 10.3. The Bertz CT molecular complexity index is 103. The molecular weight excluding hydrogens is 148 g/mol. The summed E-state index contributed by atoms with van der Waals surface area (Å²) >= 11 is 0. The van der Waals surface area contributed by atoms with E-state index in [1.54, 1.807) is 7.11 Å². The largest absolute Gasteiger partial charge is 0.381 e. The Kier molecular flexibility index (Phi) is 3.26. The van der Waals surface area contributed by atoms with Gasteiger partial charge in [-0.2, -0.15) is 0 Å². The topological polar surface area (TPSA) is 36.9 Å². The van der Waals surface area contributed by atoms with E-state index in [4.69, 9.17) is 14.4 Å². The lowest BCUT2D eigenvalue weighted by molar-refractivity contribution is -0.424. The number of hydrogen-bond donors (Lipinski definition) is 0. The Morgan fingerprint density at radius 3 is 2.27 bits per heavy atom. The third-order valence-corrected chi connectivity index (χ3v) is 1.86. The maximum atomic E-state index is 5.19. The van der Waals surface area contributed by atoms with Crippen LogP contribution in [0.25, 0.3) is 0 Å². The highest BCUT2D eigenvalue weighted by Crippen LogP contribution is 2.25. The predicted octanol–water partition coefficient (Wildman–Crippen LogP) is 0.717. The van der Waals surface area contributed by atoms with Crippen LogP contribution in [0.15, 0.2) is 0 Å². The normalized spacial score (nSPS) is 23.5. The molecule has 0 radical (unpaired) electrons. The van der Waals surface area contributed by atoms with Crippen molar-refractivity contribution in [3.8, 4) is 0 Å². The molecule has 0 saturated carbocycles. The fourth-order valence-electron chi connectivity index (χ4n) is 1.16. The summed E-state index contributed by atoms with van der Waals surface area (Å²) in [4.78, 5) is 9.61. The molecule has 4 heteroatoms. The minimum atomic E-state index is -0.576. The van der Waals surface area contributed by atoms with Gasteiger partial charge in [-0.1, -0.05) is 0 Å². The standard InChI is InChI=1S/C7H14O4/c1-8-7(11-9-2)3-5-10-6-4-7/h3-6H2,1-2H3. The first-order valence-corrected chi connectivity index (χ1v) is 3.68. The molecule has 1 aliphatic rings. The van der Waals surface area contributed by atoms with Crippen molar-refractivity contribution in [1.82, 2.24) is 0 Å². The van der Waals surface area contributed by atoms with Gasteiger partial charge in [-0.25, -0.2) is 9.78 Å². The highest BCUT2D eigenvalue weighted by Gasteiger charge is 2.34. The van der Waals surface area contributed by atoms with Gasteiger partial charge in [0.05, 0.1) is 20.3 Å². The third kappa shape index (κ3) is 2.13. The molecule has 0 atom stereocenters. The van der Waals surface area contributed by atoms with Crippen molar-refractivity contribution in [2.45, 2.75) is 18.6 Å². The number of hydrogen-bond acceptors (Lipinski definition) is 4. The van der Waals surface area contributed by atoms with E-state index < -0.39 is 5.79 Å². The maximum Gasteiger partial charge on any atom is 0.205 e. The van der Waals surface area contributed by atoms with Crippen LogP contribution in [0.3, 0.4) is 0 Å². The molecular formula is C7H14O4. The van der Waals surface area contributed by atoms with Crippen LogP contribution in [0.5, 0.6) is 0 Å². The van der Waals surface area contributed by atoms with E-state index in [0.29, 0.717) is 13.2 Å². The van der Waals surface area contributed by atoms with Gasteiger partial charge >= 0.3 is 0 Å². The smallest absolute Gasteiger partial charge is 0.205 e. The minimum absolute atomic E-state index is 0.576. The molecule has 1 heterocycles. The van der Waals surface area contributed by atoms with Crippen molar-refractivity contribution in [3.05, 3.63) is 0 Å². The second-order valence-electron chi connectivity index (χ2n) is 2.48. The van der Waals surface area contributed by atoms with Crippen LogP contribution < -0.4 is 0 Å². The van der Waals surface area contributed by atoms with E-state index in [9.17, 15) is 0 Å². The molecule has 11 heavy (non-hydrogen) atoms. The van der Waals surface area contributed by atoms with E-state index in [1.165, 1.54) is 7.11 Å². The molecule has 4 nitrogen and oxygen atoms in total. The second kappa shape index (κ2) is 4.01. The van der Waals surface area contributed by atoms with Crippen molar-refractivity contribution in [1.29, 1.82) is 0 Å². The molecule has 1 rings (SSSR count). The van der Waals surface area contributed by atoms with Crippen LogP contribution in [0.1, 0.15) is 12.8 Å². The van der Waals surface area contributed by atoms with E-state index in [-0.39, 0.29) is 0 Å². The monoisotopic (exact) mass is 162 g/mol. The highest BCUT2D eigenvalue weighted by molar-refractivity contribution is 4.71. The fraction of sp³-hybridized carbons (Fsp3) is 1.00. The average molecular weight is 162 g/mol. The molecule has 0 N–H and O–H groups in total. The van der Waals surface area contributed by atoms with E-state index in [1.807, 2.05) is 0 Å². The molecule has 0 aromatic heterocycles. The minimum Gasteiger partial charge on any atom is -0.381 e. The second-order valence-corrected chi connectivity index (χ2v) is 2.48. The summed E-state index contributed by atoms with van der Waals surface area (Å²) in [6.07, 6.45) is 1.44. The Morgan fingerprint density at radius 1 is 1.18 bits per heavy atom. The van der Waals surface area contributed by atoms with Gasteiger partial charge in [0.15, 0.2) is 0 Å². The summed E-state index contributed by atoms with van der Waals surface area (Å²) in [5.74, 6) is -0.576. The molecule has 0 aliphatic carbocycles. The lowest BCUT2D eigenvalue weighted by atomic mass is 10.1. The van der Waals surface area contributed by atoms with Gasteiger partial charge in [-0.15, -0.1) is 0 Å². The lowest BCUT2D eigenvalue weighted by Crippen LogP contribution is -2.40. The zero-order valence-corrected chi connectivity index (χ0v) is 6.96. The van der Waals surface area contributed by atoms with Crippen molar-refractivity contribution < 1.29 is 19.2 Å². The molecule has 0 spiro atoms. The summed E-state index contributed by atoms with van der Waals surface area (Å²) in [5.41, 5.74) is 0. The van der Waals surface area contributed by atoms with Crippen LogP contribution in [0.4, 0.5) is 0 Å². The van der Waals surface area contributed by atoms with Gasteiger partial charge in [0, 0.05) is 20.0 Å². The molecule has 0 amide bonds. The molecule has 1 fully saturated rings. The van der Waals surface area contributed by atoms with E-state index >= 15 is 0 Å². The van der Waals surface area contributed by atoms with Gasteiger partial charge in [0.2, 0.25) is 5.79 Å². The Morgan fingerprint density at radius 2 is 1.82 bits per heavy atom. The molecule has 1 saturated heterocycles. The molecule has 0 bridgehead atoms. The number of methoxy groups -OCH3 is 1. The number of ether oxygens (including phenoxy) is 2. The Balaban J connectivity index is 2.42. The maximum absolute atomic E-state index is 5.19. The summed E-state index contributed by atoms with van der Waals surface area (Å²) in [6.45, 7) is 1.33.